The van der Waals surface area contributed by atoms with Gasteiger partial charge in [0.05, 0.1) is 25.2 Å². The second-order valence-electron chi connectivity index (χ2n) is 4.63. The van der Waals surface area contributed by atoms with Crippen molar-refractivity contribution in [3.63, 3.8) is 0 Å². The largest absolute Gasteiger partial charge is 0.465 e. The number of rotatable bonds is 5. The molecule has 0 aliphatic rings. The maximum Gasteiger partial charge on any atom is 0.339 e. The summed E-state index contributed by atoms with van der Waals surface area (Å²) in [5.74, 6) is -0.727. The van der Waals surface area contributed by atoms with E-state index in [1.165, 1.54) is 25.3 Å². The van der Waals surface area contributed by atoms with E-state index in [1.807, 2.05) is 6.07 Å². The number of nitriles is 1. The van der Waals surface area contributed by atoms with Crippen molar-refractivity contribution >= 4 is 21.7 Å². The summed E-state index contributed by atoms with van der Waals surface area (Å²) in [4.78, 5) is 11.5. The van der Waals surface area contributed by atoms with Gasteiger partial charge in [0, 0.05) is 5.69 Å². The number of hydrogen-bond donors (Lipinski definition) is 1. The molecule has 2 aromatic carbocycles. The third kappa shape index (κ3) is 3.87. The van der Waals surface area contributed by atoms with Crippen molar-refractivity contribution in [2.45, 2.75) is 11.3 Å². The molecule has 0 aromatic heterocycles. The molecular weight excluding hydrogens is 316 g/mol. The van der Waals surface area contributed by atoms with E-state index in [0.717, 1.165) is 5.56 Å². The first-order valence-corrected chi connectivity index (χ1v) is 8.12. The molecule has 0 saturated carbocycles. The van der Waals surface area contributed by atoms with E-state index >= 15 is 0 Å². The molecule has 0 atom stereocenters. The van der Waals surface area contributed by atoms with E-state index < -0.39 is 16.0 Å². The summed E-state index contributed by atoms with van der Waals surface area (Å²) in [7, 11) is -2.75. The lowest BCUT2D eigenvalue weighted by atomic mass is 10.1. The minimum Gasteiger partial charge on any atom is -0.465 e. The molecule has 6 nitrogen and oxygen atoms in total. The van der Waals surface area contributed by atoms with Gasteiger partial charge < -0.3 is 4.74 Å². The molecule has 0 unspecified atom stereocenters. The molecular formula is C16H14N2O4S. The maximum atomic E-state index is 12.5. The zero-order valence-corrected chi connectivity index (χ0v) is 13.1. The molecule has 0 fully saturated rings. The Morgan fingerprint density at radius 2 is 1.83 bits per heavy atom. The Morgan fingerprint density at radius 3 is 2.43 bits per heavy atom. The highest BCUT2D eigenvalue weighted by Crippen LogP contribution is 2.20. The predicted molar refractivity (Wildman–Crippen MR) is 84.3 cm³/mol. The van der Waals surface area contributed by atoms with E-state index in [2.05, 4.69) is 9.46 Å². The van der Waals surface area contributed by atoms with Crippen LogP contribution in [0.2, 0.25) is 0 Å². The van der Waals surface area contributed by atoms with E-state index in [1.54, 1.807) is 30.3 Å². The lowest BCUT2D eigenvalue weighted by molar-refractivity contribution is 0.0596. The topological polar surface area (TPSA) is 96.3 Å². The Kier molecular flexibility index (Phi) is 4.98. The molecule has 0 heterocycles. The number of nitrogens with one attached hydrogen (secondary N) is 1. The van der Waals surface area contributed by atoms with Crippen LogP contribution in [0.1, 0.15) is 15.9 Å². The van der Waals surface area contributed by atoms with Gasteiger partial charge in [0.25, 0.3) is 10.0 Å². The molecule has 7 heteroatoms. The molecule has 0 saturated heterocycles. The van der Waals surface area contributed by atoms with Gasteiger partial charge in [-0.25, -0.2) is 13.2 Å². The van der Waals surface area contributed by atoms with Crippen LogP contribution in [0.5, 0.6) is 0 Å². The number of ether oxygens (including phenoxy) is 1. The molecule has 2 aromatic rings. The number of methoxy groups -OCH3 is 1. The number of sulfonamides is 1. The molecule has 0 aliphatic carbocycles. The summed E-state index contributed by atoms with van der Waals surface area (Å²) in [6.07, 6.45) is 0.248. The molecule has 0 amide bonds. The van der Waals surface area contributed by atoms with E-state index in [-0.39, 0.29) is 16.9 Å². The number of nitrogens with zero attached hydrogens (tertiary/aromatic N) is 1. The second-order valence-corrected chi connectivity index (χ2v) is 6.28. The number of esters is 1. The summed E-state index contributed by atoms with van der Waals surface area (Å²) >= 11 is 0. The van der Waals surface area contributed by atoms with Crippen molar-refractivity contribution in [1.82, 2.24) is 0 Å². The average Bonchev–Trinajstić information content (AvgIpc) is 2.56. The van der Waals surface area contributed by atoms with Crippen LogP contribution in [0.4, 0.5) is 5.69 Å². The molecule has 2 rings (SSSR count). The van der Waals surface area contributed by atoms with Gasteiger partial charge in [0.2, 0.25) is 0 Å². The minimum absolute atomic E-state index is 0.0383. The maximum absolute atomic E-state index is 12.5. The van der Waals surface area contributed by atoms with Gasteiger partial charge in [0.1, 0.15) is 4.90 Å². The minimum atomic E-state index is -3.94. The highest BCUT2D eigenvalue weighted by atomic mass is 32.2. The molecule has 0 aliphatic heterocycles. The van der Waals surface area contributed by atoms with Crippen molar-refractivity contribution in [3.05, 3.63) is 59.7 Å². The second kappa shape index (κ2) is 6.94. The fourth-order valence-electron chi connectivity index (χ4n) is 1.97. The van der Waals surface area contributed by atoms with Crippen LogP contribution in [0.3, 0.4) is 0 Å². The number of hydrogen-bond acceptors (Lipinski definition) is 5. The SMILES string of the molecule is COC(=O)c1ccccc1S(=O)(=O)Nc1ccc(CC#N)cc1. The highest BCUT2D eigenvalue weighted by molar-refractivity contribution is 7.92. The smallest absolute Gasteiger partial charge is 0.339 e. The van der Waals surface area contributed by atoms with Crippen LogP contribution < -0.4 is 4.72 Å². The van der Waals surface area contributed by atoms with Crippen molar-refractivity contribution in [2.75, 3.05) is 11.8 Å². The van der Waals surface area contributed by atoms with E-state index in [4.69, 9.17) is 5.26 Å². The Bertz CT molecular complexity index is 852. The zero-order valence-electron chi connectivity index (χ0n) is 12.3. The standard InChI is InChI=1S/C16H14N2O4S/c1-22-16(19)14-4-2-3-5-15(14)23(20,21)18-13-8-6-12(7-9-13)10-11-17/h2-9,18H,10H2,1H3. The lowest BCUT2D eigenvalue weighted by Crippen LogP contribution is -2.17. The van der Waals surface area contributed by atoms with Gasteiger partial charge in [-0.05, 0) is 29.8 Å². The van der Waals surface area contributed by atoms with E-state index in [9.17, 15) is 13.2 Å². The number of carbonyl (C=O) groups excluding carboxylic acids is 1. The Morgan fingerprint density at radius 1 is 1.17 bits per heavy atom. The number of carbonyl (C=O) groups is 1. The number of anilines is 1. The summed E-state index contributed by atoms with van der Waals surface area (Å²) in [6.45, 7) is 0. The van der Waals surface area contributed by atoms with Gasteiger partial charge in [-0.1, -0.05) is 24.3 Å². The van der Waals surface area contributed by atoms with Gasteiger partial charge in [-0.3, -0.25) is 4.72 Å². The molecule has 0 bridgehead atoms. The third-order valence-corrected chi connectivity index (χ3v) is 4.51. The first kappa shape index (κ1) is 16.5. The first-order valence-electron chi connectivity index (χ1n) is 6.64. The highest BCUT2D eigenvalue weighted by Gasteiger charge is 2.22. The monoisotopic (exact) mass is 330 g/mol. The van der Waals surface area contributed by atoms with Gasteiger partial charge in [-0.15, -0.1) is 0 Å². The molecule has 23 heavy (non-hydrogen) atoms. The summed E-state index contributed by atoms with van der Waals surface area (Å²) in [5.41, 5.74) is 1.08. The Labute approximate surface area is 134 Å². The van der Waals surface area contributed by atoms with Crippen LogP contribution in [-0.2, 0) is 21.2 Å². The average molecular weight is 330 g/mol. The third-order valence-electron chi connectivity index (χ3n) is 3.07. The van der Waals surface area contributed by atoms with Crippen LogP contribution in [0.25, 0.3) is 0 Å². The van der Waals surface area contributed by atoms with Gasteiger partial charge in [-0.2, -0.15) is 5.26 Å². The van der Waals surface area contributed by atoms with Gasteiger partial charge in [0.15, 0.2) is 0 Å². The fourth-order valence-corrected chi connectivity index (χ4v) is 3.23. The first-order chi connectivity index (χ1) is 11.0. The van der Waals surface area contributed by atoms with Crippen LogP contribution in [0, 0.1) is 11.3 Å². The van der Waals surface area contributed by atoms with Gasteiger partial charge >= 0.3 is 5.97 Å². The Balaban J connectivity index is 2.33. The summed E-state index contributed by atoms with van der Waals surface area (Å²) in [6, 6.07) is 14.3. The predicted octanol–water partition coefficient (Wildman–Crippen LogP) is 2.34. The quantitative estimate of drug-likeness (QED) is 0.849. The van der Waals surface area contributed by atoms with Crippen molar-refractivity contribution in [1.29, 1.82) is 5.26 Å². The van der Waals surface area contributed by atoms with Crippen LogP contribution >= 0.6 is 0 Å². The normalized spacial score (nSPS) is 10.6. The molecule has 0 radical (unpaired) electrons. The zero-order chi connectivity index (χ0) is 16.9. The van der Waals surface area contributed by atoms with E-state index in [0.29, 0.717) is 5.69 Å². The summed E-state index contributed by atoms with van der Waals surface area (Å²) < 4.78 is 32.0. The van der Waals surface area contributed by atoms with Crippen molar-refractivity contribution < 1.29 is 17.9 Å². The van der Waals surface area contributed by atoms with Crippen molar-refractivity contribution in [3.8, 4) is 6.07 Å². The van der Waals surface area contributed by atoms with Crippen LogP contribution in [0.15, 0.2) is 53.4 Å². The van der Waals surface area contributed by atoms with Crippen LogP contribution in [-0.4, -0.2) is 21.5 Å². The molecule has 118 valence electrons. The van der Waals surface area contributed by atoms with Crippen molar-refractivity contribution in [2.24, 2.45) is 0 Å². The Hall–Kier alpha value is -2.85. The fraction of sp³-hybridized carbons (Fsp3) is 0.125. The molecule has 1 N–H and O–H groups in total. The molecule has 0 spiro atoms. The number of benzene rings is 2. The summed E-state index contributed by atoms with van der Waals surface area (Å²) in [5, 5.41) is 8.62. The lowest BCUT2D eigenvalue weighted by Gasteiger charge is -2.11.